The number of ether oxygens (including phenoxy) is 1. The van der Waals surface area contributed by atoms with Crippen LogP contribution in [0.2, 0.25) is 0 Å². The smallest absolute Gasteiger partial charge is 0.276 e. The van der Waals surface area contributed by atoms with Crippen LogP contribution < -0.4 is 10.2 Å². The molecule has 1 aromatic carbocycles. The van der Waals surface area contributed by atoms with Crippen molar-refractivity contribution in [3.8, 4) is 0 Å². The van der Waals surface area contributed by atoms with E-state index in [-0.39, 0.29) is 5.91 Å². The SMILES string of the molecule is CCc1ccc(NC(=O)c2ccc(N3CCOCC3)nn2)cc1. The Balaban J connectivity index is 1.64. The monoisotopic (exact) mass is 312 g/mol. The van der Waals surface area contributed by atoms with Crippen molar-refractivity contribution >= 4 is 17.4 Å². The average Bonchev–Trinajstić information content (AvgIpc) is 2.63. The molecule has 0 bridgehead atoms. The normalized spacial score (nSPS) is 14.6. The number of aromatic nitrogens is 2. The van der Waals surface area contributed by atoms with Crippen LogP contribution in [0.3, 0.4) is 0 Å². The number of aryl methyl sites for hydroxylation is 1. The zero-order chi connectivity index (χ0) is 16.1. The van der Waals surface area contributed by atoms with Crippen LogP contribution in [0.25, 0.3) is 0 Å². The fraction of sp³-hybridized carbons (Fsp3) is 0.353. The second-order valence-electron chi connectivity index (χ2n) is 5.38. The third-order valence-corrected chi connectivity index (χ3v) is 3.84. The van der Waals surface area contributed by atoms with E-state index in [1.807, 2.05) is 30.3 Å². The van der Waals surface area contributed by atoms with E-state index in [4.69, 9.17) is 4.74 Å². The van der Waals surface area contributed by atoms with Crippen molar-refractivity contribution in [1.82, 2.24) is 10.2 Å². The van der Waals surface area contributed by atoms with Gasteiger partial charge >= 0.3 is 0 Å². The molecule has 1 aliphatic rings. The molecule has 23 heavy (non-hydrogen) atoms. The average molecular weight is 312 g/mol. The van der Waals surface area contributed by atoms with Crippen LogP contribution in [-0.4, -0.2) is 42.4 Å². The van der Waals surface area contributed by atoms with Crippen LogP contribution in [0.4, 0.5) is 11.5 Å². The predicted octanol–water partition coefficient (Wildman–Crippen LogP) is 2.13. The molecule has 3 rings (SSSR count). The fourth-order valence-electron chi connectivity index (χ4n) is 2.43. The van der Waals surface area contributed by atoms with E-state index in [1.54, 1.807) is 6.07 Å². The molecule has 2 heterocycles. The molecule has 1 aromatic heterocycles. The standard InChI is InChI=1S/C17H20N4O2/c1-2-13-3-5-14(6-4-13)18-17(22)15-7-8-16(20-19-15)21-9-11-23-12-10-21/h3-8H,2,9-12H2,1H3,(H,18,22). The van der Waals surface area contributed by atoms with Crippen molar-refractivity contribution in [2.45, 2.75) is 13.3 Å². The zero-order valence-corrected chi connectivity index (χ0v) is 13.2. The molecule has 6 heteroatoms. The summed E-state index contributed by atoms with van der Waals surface area (Å²) < 4.78 is 5.31. The first-order valence-electron chi connectivity index (χ1n) is 7.83. The number of carbonyl (C=O) groups excluding carboxylic acids is 1. The molecule has 0 radical (unpaired) electrons. The molecule has 6 nitrogen and oxygen atoms in total. The molecule has 1 aliphatic heterocycles. The summed E-state index contributed by atoms with van der Waals surface area (Å²) in [6.07, 6.45) is 0.975. The summed E-state index contributed by atoms with van der Waals surface area (Å²) in [5.41, 5.74) is 2.30. The number of carbonyl (C=O) groups is 1. The van der Waals surface area contributed by atoms with E-state index in [2.05, 4.69) is 27.3 Å². The Hall–Kier alpha value is -2.47. The lowest BCUT2D eigenvalue weighted by atomic mass is 10.1. The highest BCUT2D eigenvalue weighted by atomic mass is 16.5. The van der Waals surface area contributed by atoms with Gasteiger partial charge in [-0.1, -0.05) is 19.1 Å². The number of nitrogens with one attached hydrogen (secondary N) is 1. The van der Waals surface area contributed by atoms with Gasteiger partial charge in [0.25, 0.3) is 5.91 Å². The number of amides is 1. The van der Waals surface area contributed by atoms with Crippen LogP contribution in [0.1, 0.15) is 23.0 Å². The van der Waals surface area contributed by atoms with Crippen molar-refractivity contribution < 1.29 is 9.53 Å². The van der Waals surface area contributed by atoms with Gasteiger partial charge in [0.05, 0.1) is 13.2 Å². The molecule has 1 amide bonds. The van der Waals surface area contributed by atoms with Crippen LogP contribution in [0, 0.1) is 0 Å². The van der Waals surface area contributed by atoms with E-state index in [1.165, 1.54) is 5.56 Å². The molecular weight excluding hydrogens is 292 g/mol. The summed E-state index contributed by atoms with van der Waals surface area (Å²) in [5.74, 6) is 0.521. The second-order valence-corrected chi connectivity index (χ2v) is 5.38. The summed E-state index contributed by atoms with van der Waals surface area (Å²) >= 11 is 0. The third kappa shape index (κ3) is 3.84. The highest BCUT2D eigenvalue weighted by molar-refractivity contribution is 6.02. The molecular formula is C17H20N4O2. The summed E-state index contributed by atoms with van der Waals surface area (Å²) in [6, 6.07) is 11.3. The summed E-state index contributed by atoms with van der Waals surface area (Å²) in [6.45, 7) is 5.07. The lowest BCUT2D eigenvalue weighted by Crippen LogP contribution is -2.37. The molecule has 0 aliphatic carbocycles. The number of anilines is 2. The fourth-order valence-corrected chi connectivity index (χ4v) is 2.43. The predicted molar refractivity (Wildman–Crippen MR) is 88.8 cm³/mol. The van der Waals surface area contributed by atoms with Crippen molar-refractivity contribution in [2.75, 3.05) is 36.5 Å². The summed E-state index contributed by atoms with van der Waals surface area (Å²) in [7, 11) is 0. The Morgan fingerprint density at radius 1 is 1.13 bits per heavy atom. The van der Waals surface area contributed by atoms with Gasteiger partial charge in [0.2, 0.25) is 0 Å². The lowest BCUT2D eigenvalue weighted by molar-refractivity contribution is 0.102. The van der Waals surface area contributed by atoms with Gasteiger partial charge in [0, 0.05) is 18.8 Å². The molecule has 0 unspecified atom stereocenters. The highest BCUT2D eigenvalue weighted by Crippen LogP contribution is 2.14. The van der Waals surface area contributed by atoms with Crippen LogP contribution >= 0.6 is 0 Å². The van der Waals surface area contributed by atoms with Crippen molar-refractivity contribution in [3.63, 3.8) is 0 Å². The van der Waals surface area contributed by atoms with Crippen molar-refractivity contribution in [2.24, 2.45) is 0 Å². The Bertz CT molecular complexity index is 649. The molecule has 0 saturated carbocycles. The Morgan fingerprint density at radius 3 is 2.48 bits per heavy atom. The van der Waals surface area contributed by atoms with E-state index in [9.17, 15) is 4.79 Å². The van der Waals surface area contributed by atoms with Gasteiger partial charge in [-0.2, -0.15) is 0 Å². The topological polar surface area (TPSA) is 67.4 Å². The minimum Gasteiger partial charge on any atom is -0.378 e. The molecule has 120 valence electrons. The Labute approximate surface area is 135 Å². The Morgan fingerprint density at radius 2 is 1.87 bits per heavy atom. The van der Waals surface area contributed by atoms with Crippen LogP contribution in [0.15, 0.2) is 36.4 Å². The van der Waals surface area contributed by atoms with Crippen molar-refractivity contribution in [3.05, 3.63) is 47.7 Å². The quantitative estimate of drug-likeness (QED) is 0.937. The minimum atomic E-state index is -0.254. The number of rotatable bonds is 4. The van der Waals surface area contributed by atoms with Gasteiger partial charge < -0.3 is 15.0 Å². The second kappa shape index (κ2) is 7.19. The number of hydrogen-bond acceptors (Lipinski definition) is 5. The highest BCUT2D eigenvalue weighted by Gasteiger charge is 2.14. The van der Waals surface area contributed by atoms with Gasteiger partial charge in [-0.3, -0.25) is 4.79 Å². The molecule has 0 atom stereocenters. The van der Waals surface area contributed by atoms with Gasteiger partial charge in [0.15, 0.2) is 11.5 Å². The van der Waals surface area contributed by atoms with E-state index in [0.29, 0.717) is 18.9 Å². The molecule has 1 N–H and O–H groups in total. The van der Waals surface area contributed by atoms with Crippen LogP contribution in [-0.2, 0) is 11.2 Å². The first-order valence-corrected chi connectivity index (χ1v) is 7.83. The van der Waals surface area contributed by atoms with Gasteiger partial charge in [0.1, 0.15) is 0 Å². The van der Waals surface area contributed by atoms with Gasteiger partial charge in [-0.15, -0.1) is 10.2 Å². The number of hydrogen-bond donors (Lipinski definition) is 1. The maximum absolute atomic E-state index is 12.2. The molecule has 2 aromatic rings. The maximum Gasteiger partial charge on any atom is 0.276 e. The number of nitrogens with zero attached hydrogens (tertiary/aromatic N) is 3. The summed E-state index contributed by atoms with van der Waals surface area (Å²) in [4.78, 5) is 14.3. The Kier molecular flexibility index (Phi) is 4.83. The van der Waals surface area contributed by atoms with Gasteiger partial charge in [-0.05, 0) is 36.2 Å². The molecule has 1 fully saturated rings. The van der Waals surface area contributed by atoms with Crippen LogP contribution in [0.5, 0.6) is 0 Å². The largest absolute Gasteiger partial charge is 0.378 e. The first-order chi connectivity index (χ1) is 11.3. The van der Waals surface area contributed by atoms with E-state index in [0.717, 1.165) is 31.0 Å². The first kappa shape index (κ1) is 15.4. The molecule has 0 spiro atoms. The number of benzene rings is 1. The van der Waals surface area contributed by atoms with E-state index < -0.39 is 0 Å². The summed E-state index contributed by atoms with van der Waals surface area (Å²) in [5, 5.41) is 11.0. The molecule has 1 saturated heterocycles. The van der Waals surface area contributed by atoms with Crippen molar-refractivity contribution in [1.29, 1.82) is 0 Å². The van der Waals surface area contributed by atoms with Gasteiger partial charge in [-0.25, -0.2) is 0 Å². The number of morpholine rings is 1. The minimum absolute atomic E-state index is 0.254. The van der Waals surface area contributed by atoms with E-state index >= 15 is 0 Å². The zero-order valence-electron chi connectivity index (χ0n) is 13.2. The third-order valence-electron chi connectivity index (χ3n) is 3.84. The maximum atomic E-state index is 12.2. The lowest BCUT2D eigenvalue weighted by Gasteiger charge is -2.27.